The third-order valence-corrected chi connectivity index (χ3v) is 8.71. The molecule has 0 atom stereocenters. The van der Waals surface area contributed by atoms with Crippen LogP contribution in [-0.2, 0) is 4.79 Å². The van der Waals surface area contributed by atoms with E-state index in [-0.39, 0.29) is 0 Å². The molecule has 0 bridgehead atoms. The molecule has 258 valence electrons. The molecule has 3 N–H and O–H groups in total. The van der Waals surface area contributed by atoms with Gasteiger partial charge in [0.15, 0.2) is 0 Å². The predicted octanol–water partition coefficient (Wildman–Crippen LogP) is 13.9. The maximum absolute atomic E-state index is 10.4. The summed E-state index contributed by atoms with van der Waals surface area (Å²) in [4.78, 5) is 10.4. The number of carboxylic acid groups (broad SMARTS) is 1. The highest BCUT2D eigenvalue weighted by molar-refractivity contribution is 5.66. The predicted molar refractivity (Wildman–Crippen MR) is 194 cm³/mol. The second kappa shape index (κ2) is 43.3. The molecule has 0 unspecified atom stereocenters. The van der Waals surface area contributed by atoms with Crippen molar-refractivity contribution in [2.24, 2.45) is 5.73 Å². The SMILES string of the molecule is CCCCCCCC/C=C\CCCCCCCCN.CCCCCCCCCCCCCCCCCCCCCC(=O)O. The minimum Gasteiger partial charge on any atom is -0.481 e. The first-order chi connectivity index (χ1) is 21.2. The van der Waals surface area contributed by atoms with Crippen molar-refractivity contribution in [3.05, 3.63) is 12.2 Å². The quantitative estimate of drug-likeness (QED) is 0.0556. The lowest BCUT2D eigenvalue weighted by Crippen LogP contribution is -1.97. The van der Waals surface area contributed by atoms with E-state index in [1.54, 1.807) is 0 Å². The number of carboxylic acids is 1. The van der Waals surface area contributed by atoms with Gasteiger partial charge < -0.3 is 10.8 Å². The molecule has 0 spiro atoms. The highest BCUT2D eigenvalue weighted by Crippen LogP contribution is 2.15. The maximum atomic E-state index is 10.4. The molecule has 0 amide bonds. The molecule has 3 heteroatoms. The second-order valence-corrected chi connectivity index (χ2v) is 13.2. The molecular weight excluding hydrogens is 526 g/mol. The smallest absolute Gasteiger partial charge is 0.303 e. The second-order valence-electron chi connectivity index (χ2n) is 13.2. The highest BCUT2D eigenvalue weighted by Gasteiger charge is 1.97. The Morgan fingerprint density at radius 3 is 0.953 bits per heavy atom. The van der Waals surface area contributed by atoms with Crippen molar-refractivity contribution in [1.82, 2.24) is 0 Å². The summed E-state index contributed by atoms with van der Waals surface area (Å²) in [5, 5.41) is 8.56. The lowest BCUT2D eigenvalue weighted by atomic mass is 10.0. The third-order valence-electron chi connectivity index (χ3n) is 8.71. The van der Waals surface area contributed by atoms with Crippen LogP contribution in [0.25, 0.3) is 0 Å². The Kier molecular flexibility index (Phi) is 44.6. The Morgan fingerprint density at radius 1 is 0.419 bits per heavy atom. The molecular formula is C40H81NO2. The van der Waals surface area contributed by atoms with E-state index in [1.165, 1.54) is 199 Å². The summed E-state index contributed by atoms with van der Waals surface area (Å²) in [6.07, 6.45) is 50.0. The molecule has 0 aromatic carbocycles. The fraction of sp³-hybridized carbons (Fsp3) is 0.925. The monoisotopic (exact) mass is 608 g/mol. The van der Waals surface area contributed by atoms with E-state index in [0.29, 0.717) is 6.42 Å². The zero-order valence-electron chi connectivity index (χ0n) is 29.8. The van der Waals surface area contributed by atoms with Crippen LogP contribution in [0.5, 0.6) is 0 Å². The van der Waals surface area contributed by atoms with E-state index < -0.39 is 5.97 Å². The number of aliphatic carboxylic acids is 1. The van der Waals surface area contributed by atoms with Gasteiger partial charge in [-0.05, 0) is 45.1 Å². The number of unbranched alkanes of at least 4 members (excludes halogenated alkanes) is 30. The number of rotatable bonds is 35. The molecule has 0 aliphatic heterocycles. The van der Waals surface area contributed by atoms with E-state index in [4.69, 9.17) is 10.8 Å². The largest absolute Gasteiger partial charge is 0.481 e. The van der Waals surface area contributed by atoms with Crippen LogP contribution in [0.15, 0.2) is 12.2 Å². The summed E-state index contributed by atoms with van der Waals surface area (Å²) in [6.45, 7) is 5.42. The molecule has 0 saturated carbocycles. The van der Waals surface area contributed by atoms with Crippen LogP contribution in [0.1, 0.15) is 232 Å². The fourth-order valence-electron chi connectivity index (χ4n) is 5.75. The van der Waals surface area contributed by atoms with Crippen LogP contribution >= 0.6 is 0 Å². The highest BCUT2D eigenvalue weighted by atomic mass is 16.4. The first kappa shape index (κ1) is 44.3. The zero-order valence-corrected chi connectivity index (χ0v) is 29.8. The summed E-state index contributed by atoms with van der Waals surface area (Å²) in [6, 6.07) is 0. The van der Waals surface area contributed by atoms with Crippen molar-refractivity contribution < 1.29 is 9.90 Å². The number of allylic oxidation sites excluding steroid dienone is 2. The summed E-state index contributed by atoms with van der Waals surface area (Å²) in [7, 11) is 0. The van der Waals surface area contributed by atoms with Crippen LogP contribution in [0.2, 0.25) is 0 Å². The van der Waals surface area contributed by atoms with Crippen molar-refractivity contribution in [1.29, 1.82) is 0 Å². The van der Waals surface area contributed by atoms with Gasteiger partial charge in [-0.25, -0.2) is 0 Å². The Bertz CT molecular complexity index is 519. The number of hydrogen-bond acceptors (Lipinski definition) is 2. The topological polar surface area (TPSA) is 63.3 Å². The first-order valence-electron chi connectivity index (χ1n) is 19.8. The Balaban J connectivity index is 0. The van der Waals surface area contributed by atoms with Crippen molar-refractivity contribution in [3.63, 3.8) is 0 Å². The Morgan fingerprint density at radius 2 is 0.674 bits per heavy atom. The van der Waals surface area contributed by atoms with Gasteiger partial charge >= 0.3 is 5.97 Å². The first-order valence-corrected chi connectivity index (χ1v) is 19.8. The zero-order chi connectivity index (χ0) is 31.7. The summed E-state index contributed by atoms with van der Waals surface area (Å²) in [5.74, 6) is -0.651. The summed E-state index contributed by atoms with van der Waals surface area (Å²) >= 11 is 0. The molecule has 0 saturated heterocycles. The van der Waals surface area contributed by atoms with Crippen LogP contribution in [0.4, 0.5) is 0 Å². The summed E-state index contributed by atoms with van der Waals surface area (Å²) in [5.41, 5.74) is 5.47. The fourth-order valence-corrected chi connectivity index (χ4v) is 5.75. The lowest BCUT2D eigenvalue weighted by molar-refractivity contribution is -0.137. The normalized spacial score (nSPS) is 11.2. The third kappa shape index (κ3) is 48.3. The average Bonchev–Trinajstić information content (AvgIpc) is 3.00. The van der Waals surface area contributed by atoms with Crippen LogP contribution in [0, 0.1) is 0 Å². The molecule has 0 rings (SSSR count). The Labute approximate surface area is 272 Å². The van der Waals surface area contributed by atoms with E-state index in [9.17, 15) is 4.79 Å². The average molecular weight is 608 g/mol. The summed E-state index contributed by atoms with van der Waals surface area (Å²) < 4.78 is 0. The molecule has 0 aliphatic carbocycles. The van der Waals surface area contributed by atoms with Crippen LogP contribution in [-0.4, -0.2) is 17.6 Å². The minimum absolute atomic E-state index is 0.346. The minimum atomic E-state index is -0.651. The Hall–Kier alpha value is -0.830. The number of hydrogen-bond donors (Lipinski definition) is 2. The van der Waals surface area contributed by atoms with Gasteiger partial charge in [-0.3, -0.25) is 4.79 Å². The molecule has 0 aromatic rings. The molecule has 0 aliphatic rings. The van der Waals surface area contributed by atoms with Gasteiger partial charge in [0.1, 0.15) is 0 Å². The van der Waals surface area contributed by atoms with Crippen molar-refractivity contribution >= 4 is 5.97 Å². The van der Waals surface area contributed by atoms with Gasteiger partial charge in [0.25, 0.3) is 0 Å². The van der Waals surface area contributed by atoms with Crippen molar-refractivity contribution in [2.45, 2.75) is 232 Å². The molecule has 0 fully saturated rings. The molecule has 3 nitrogen and oxygen atoms in total. The lowest BCUT2D eigenvalue weighted by Gasteiger charge is -2.03. The standard InChI is InChI=1S/C22H44O2.C18H37N/c1-2-3-4-5-6-7-8-9-10-11-12-13-14-15-16-17-18-19-20-21-22(23)24;1-2-3-4-5-6-7-8-9-10-11-12-13-14-15-16-17-18-19/h2-21H2,1H3,(H,23,24);9-10H,2-8,11-19H2,1H3/b;10-9-. The molecule has 43 heavy (non-hydrogen) atoms. The molecule has 0 heterocycles. The van der Waals surface area contributed by atoms with E-state index >= 15 is 0 Å². The molecule has 0 aromatic heterocycles. The van der Waals surface area contributed by atoms with Gasteiger partial charge in [0, 0.05) is 6.42 Å². The maximum Gasteiger partial charge on any atom is 0.303 e. The van der Waals surface area contributed by atoms with E-state index in [0.717, 1.165) is 19.4 Å². The van der Waals surface area contributed by atoms with Crippen LogP contribution in [0.3, 0.4) is 0 Å². The van der Waals surface area contributed by atoms with Gasteiger partial charge in [-0.1, -0.05) is 199 Å². The van der Waals surface area contributed by atoms with E-state index in [1.807, 2.05) is 0 Å². The number of nitrogens with two attached hydrogens (primary N) is 1. The van der Waals surface area contributed by atoms with Crippen molar-refractivity contribution in [3.8, 4) is 0 Å². The van der Waals surface area contributed by atoms with Gasteiger partial charge in [0.05, 0.1) is 0 Å². The van der Waals surface area contributed by atoms with Crippen LogP contribution < -0.4 is 5.73 Å². The van der Waals surface area contributed by atoms with Gasteiger partial charge in [-0.2, -0.15) is 0 Å². The van der Waals surface area contributed by atoms with Gasteiger partial charge in [-0.15, -0.1) is 0 Å². The van der Waals surface area contributed by atoms with E-state index in [2.05, 4.69) is 26.0 Å². The van der Waals surface area contributed by atoms with Gasteiger partial charge in [0.2, 0.25) is 0 Å². The molecule has 0 radical (unpaired) electrons. The number of carbonyl (C=O) groups is 1. The van der Waals surface area contributed by atoms with Crippen molar-refractivity contribution in [2.75, 3.05) is 6.54 Å².